The van der Waals surface area contributed by atoms with E-state index in [-0.39, 0.29) is 0 Å². The van der Waals surface area contributed by atoms with Crippen LogP contribution in [0.15, 0.2) is 24.3 Å². The summed E-state index contributed by atoms with van der Waals surface area (Å²) in [4.78, 5) is 2.48. The van der Waals surface area contributed by atoms with Gasteiger partial charge in [0.25, 0.3) is 0 Å². The number of aliphatic hydroxyl groups excluding tert-OH is 1. The molecule has 3 heteroatoms. The molecule has 3 rings (SSSR count). The highest BCUT2D eigenvalue weighted by molar-refractivity contribution is 5.70. The van der Waals surface area contributed by atoms with Crippen molar-refractivity contribution in [2.75, 3.05) is 29.9 Å². The van der Waals surface area contributed by atoms with E-state index in [4.69, 9.17) is 0 Å². The monoisotopic (exact) mass is 288 g/mol. The predicted octanol–water partition coefficient (Wildman–Crippen LogP) is 3.50. The highest BCUT2D eigenvalue weighted by Crippen LogP contribution is 2.33. The van der Waals surface area contributed by atoms with Crippen molar-refractivity contribution >= 4 is 11.4 Å². The lowest BCUT2D eigenvalue weighted by atomic mass is 9.97. The van der Waals surface area contributed by atoms with Crippen LogP contribution in [0.5, 0.6) is 0 Å². The molecule has 1 aromatic carbocycles. The molecule has 1 heterocycles. The van der Waals surface area contributed by atoms with Gasteiger partial charge in [0.15, 0.2) is 0 Å². The Bertz CT molecular complexity index is 454. The number of para-hydroxylation sites is 2. The van der Waals surface area contributed by atoms with Crippen molar-refractivity contribution in [3.8, 4) is 0 Å². The fourth-order valence-corrected chi connectivity index (χ4v) is 3.79. The Balaban J connectivity index is 1.68. The summed E-state index contributed by atoms with van der Waals surface area (Å²) in [6.07, 6.45) is 6.14. The smallest absolute Gasteiger partial charge is 0.0602 e. The van der Waals surface area contributed by atoms with Gasteiger partial charge in [-0.25, -0.2) is 0 Å². The van der Waals surface area contributed by atoms with Crippen LogP contribution in [0.25, 0.3) is 0 Å². The van der Waals surface area contributed by atoms with E-state index in [0.29, 0.717) is 18.6 Å². The number of hydrogen-bond acceptors (Lipinski definition) is 3. The Kier molecular flexibility index (Phi) is 4.69. The molecule has 0 bridgehead atoms. The van der Waals surface area contributed by atoms with Crippen LogP contribution in [0.1, 0.15) is 39.0 Å². The van der Waals surface area contributed by atoms with Gasteiger partial charge in [0.1, 0.15) is 0 Å². The van der Waals surface area contributed by atoms with Crippen molar-refractivity contribution in [2.45, 2.75) is 45.1 Å². The van der Waals surface area contributed by atoms with E-state index in [1.165, 1.54) is 30.6 Å². The first-order valence-electron chi connectivity index (χ1n) is 8.47. The lowest BCUT2D eigenvalue weighted by molar-refractivity contribution is 0.203. The summed E-state index contributed by atoms with van der Waals surface area (Å²) < 4.78 is 0. The van der Waals surface area contributed by atoms with Gasteiger partial charge in [0.2, 0.25) is 0 Å². The quantitative estimate of drug-likeness (QED) is 0.890. The minimum absolute atomic E-state index is 0.341. The van der Waals surface area contributed by atoms with E-state index in [1.807, 2.05) is 0 Å². The SMILES string of the molecule is CC1CCC(Nc2ccccc2N2CCC(CO)CC2)C1. The molecule has 0 spiro atoms. The fourth-order valence-electron chi connectivity index (χ4n) is 3.79. The lowest BCUT2D eigenvalue weighted by Crippen LogP contribution is -2.35. The zero-order chi connectivity index (χ0) is 14.7. The van der Waals surface area contributed by atoms with Crippen LogP contribution in [0.2, 0.25) is 0 Å². The van der Waals surface area contributed by atoms with Gasteiger partial charge in [-0.2, -0.15) is 0 Å². The first-order valence-corrected chi connectivity index (χ1v) is 8.47. The van der Waals surface area contributed by atoms with Gasteiger partial charge in [-0.1, -0.05) is 19.1 Å². The van der Waals surface area contributed by atoms with Crippen LogP contribution in [-0.4, -0.2) is 30.8 Å². The molecule has 0 aromatic heterocycles. The number of benzene rings is 1. The summed E-state index contributed by atoms with van der Waals surface area (Å²) in [5, 5.41) is 13.1. The van der Waals surface area contributed by atoms with Gasteiger partial charge in [-0.15, -0.1) is 0 Å². The van der Waals surface area contributed by atoms with E-state index in [2.05, 4.69) is 41.4 Å². The molecule has 2 atom stereocenters. The summed E-state index contributed by atoms with van der Waals surface area (Å²) in [6.45, 7) is 4.82. The average molecular weight is 288 g/mol. The molecule has 2 fully saturated rings. The second kappa shape index (κ2) is 6.69. The second-order valence-electron chi connectivity index (χ2n) is 6.89. The highest BCUT2D eigenvalue weighted by atomic mass is 16.3. The Morgan fingerprint density at radius 1 is 1.14 bits per heavy atom. The van der Waals surface area contributed by atoms with Gasteiger partial charge < -0.3 is 15.3 Å². The third-order valence-electron chi connectivity index (χ3n) is 5.17. The molecule has 1 saturated carbocycles. The van der Waals surface area contributed by atoms with Crippen molar-refractivity contribution in [1.82, 2.24) is 0 Å². The molecule has 2 aliphatic rings. The van der Waals surface area contributed by atoms with Gasteiger partial charge in [-0.3, -0.25) is 0 Å². The summed E-state index contributed by atoms with van der Waals surface area (Å²) in [5.41, 5.74) is 2.63. The number of piperidine rings is 1. The van der Waals surface area contributed by atoms with Crippen molar-refractivity contribution < 1.29 is 5.11 Å². The Morgan fingerprint density at radius 3 is 2.57 bits per heavy atom. The van der Waals surface area contributed by atoms with E-state index in [1.54, 1.807) is 0 Å². The third-order valence-corrected chi connectivity index (χ3v) is 5.17. The van der Waals surface area contributed by atoms with E-state index in [9.17, 15) is 5.11 Å². The normalized spacial score (nSPS) is 27.0. The van der Waals surface area contributed by atoms with E-state index in [0.717, 1.165) is 31.8 Å². The molecule has 0 amide bonds. The minimum atomic E-state index is 0.341. The van der Waals surface area contributed by atoms with Crippen LogP contribution in [0.3, 0.4) is 0 Å². The zero-order valence-corrected chi connectivity index (χ0v) is 13.1. The van der Waals surface area contributed by atoms with Crippen LogP contribution < -0.4 is 10.2 Å². The maximum Gasteiger partial charge on any atom is 0.0602 e. The molecule has 2 N–H and O–H groups in total. The molecule has 1 aromatic rings. The second-order valence-corrected chi connectivity index (χ2v) is 6.89. The van der Waals surface area contributed by atoms with Gasteiger partial charge in [0, 0.05) is 25.7 Å². The van der Waals surface area contributed by atoms with E-state index < -0.39 is 0 Å². The van der Waals surface area contributed by atoms with Crippen molar-refractivity contribution in [1.29, 1.82) is 0 Å². The van der Waals surface area contributed by atoms with Crippen LogP contribution in [-0.2, 0) is 0 Å². The molecule has 1 aliphatic heterocycles. The fraction of sp³-hybridized carbons (Fsp3) is 0.667. The molecular formula is C18H28N2O. The summed E-state index contributed by atoms with van der Waals surface area (Å²) >= 11 is 0. The summed E-state index contributed by atoms with van der Waals surface area (Å²) in [5.74, 6) is 1.35. The maximum absolute atomic E-state index is 9.29. The molecule has 1 saturated heterocycles. The maximum atomic E-state index is 9.29. The number of nitrogens with one attached hydrogen (secondary N) is 1. The van der Waals surface area contributed by atoms with Gasteiger partial charge in [0.05, 0.1) is 11.4 Å². The largest absolute Gasteiger partial charge is 0.396 e. The molecule has 21 heavy (non-hydrogen) atoms. The molecule has 2 unspecified atom stereocenters. The van der Waals surface area contributed by atoms with Crippen LogP contribution >= 0.6 is 0 Å². The highest BCUT2D eigenvalue weighted by Gasteiger charge is 2.24. The van der Waals surface area contributed by atoms with Crippen LogP contribution in [0.4, 0.5) is 11.4 Å². The first-order chi connectivity index (χ1) is 10.3. The number of aliphatic hydroxyl groups is 1. The Labute approximate surface area is 128 Å². The third kappa shape index (κ3) is 3.52. The predicted molar refractivity (Wildman–Crippen MR) is 88.9 cm³/mol. The molecular weight excluding hydrogens is 260 g/mol. The van der Waals surface area contributed by atoms with Crippen LogP contribution in [0, 0.1) is 11.8 Å². The zero-order valence-electron chi connectivity index (χ0n) is 13.1. The first kappa shape index (κ1) is 14.7. The topological polar surface area (TPSA) is 35.5 Å². The summed E-state index contributed by atoms with van der Waals surface area (Å²) in [7, 11) is 0. The number of rotatable bonds is 4. The lowest BCUT2D eigenvalue weighted by Gasteiger charge is -2.34. The Hall–Kier alpha value is -1.22. The number of anilines is 2. The minimum Gasteiger partial charge on any atom is -0.396 e. The standard InChI is InChI=1S/C18H28N2O/c1-14-6-7-16(12-14)19-17-4-2-3-5-18(17)20-10-8-15(13-21)9-11-20/h2-5,14-16,19,21H,6-13H2,1H3. The summed E-state index contributed by atoms with van der Waals surface area (Å²) in [6, 6.07) is 9.35. The number of hydrogen-bond donors (Lipinski definition) is 2. The van der Waals surface area contributed by atoms with Crippen molar-refractivity contribution in [2.24, 2.45) is 11.8 Å². The molecule has 1 aliphatic carbocycles. The van der Waals surface area contributed by atoms with E-state index >= 15 is 0 Å². The molecule has 116 valence electrons. The molecule has 0 radical (unpaired) electrons. The molecule has 3 nitrogen and oxygen atoms in total. The van der Waals surface area contributed by atoms with Gasteiger partial charge >= 0.3 is 0 Å². The van der Waals surface area contributed by atoms with Crippen molar-refractivity contribution in [3.05, 3.63) is 24.3 Å². The van der Waals surface area contributed by atoms with Crippen molar-refractivity contribution in [3.63, 3.8) is 0 Å². The Morgan fingerprint density at radius 2 is 1.90 bits per heavy atom. The van der Waals surface area contributed by atoms with Gasteiger partial charge in [-0.05, 0) is 56.1 Å². The number of nitrogens with zero attached hydrogens (tertiary/aromatic N) is 1. The average Bonchev–Trinajstić information content (AvgIpc) is 2.93.